The summed E-state index contributed by atoms with van der Waals surface area (Å²) in [4.78, 5) is 26.9. The van der Waals surface area contributed by atoms with Crippen LogP contribution in [0.15, 0.2) is 42.5 Å². The second kappa shape index (κ2) is 8.34. The number of benzene rings is 2. The highest BCUT2D eigenvalue weighted by atomic mass is 35.5. The predicted octanol–water partition coefficient (Wildman–Crippen LogP) is 3.34. The molecule has 0 aliphatic carbocycles. The molecule has 26 heavy (non-hydrogen) atoms. The fraction of sp³-hybridized carbons (Fsp3) is 0.300. The van der Waals surface area contributed by atoms with Gasteiger partial charge >= 0.3 is 0 Å². The van der Waals surface area contributed by atoms with Crippen LogP contribution in [0.25, 0.3) is 0 Å². The topological polar surface area (TPSA) is 61.4 Å². The largest absolute Gasteiger partial charge is 0.337 e. The molecule has 0 unspecified atom stereocenters. The van der Waals surface area contributed by atoms with Gasteiger partial charge in [-0.1, -0.05) is 17.7 Å². The predicted molar refractivity (Wildman–Crippen MR) is 104 cm³/mol. The summed E-state index contributed by atoms with van der Waals surface area (Å²) in [7, 11) is 0. The summed E-state index contributed by atoms with van der Waals surface area (Å²) < 4.78 is 0. The van der Waals surface area contributed by atoms with Crippen molar-refractivity contribution < 1.29 is 9.59 Å². The molecule has 2 amide bonds. The zero-order valence-corrected chi connectivity index (χ0v) is 15.5. The Balaban J connectivity index is 1.72. The highest BCUT2D eigenvalue weighted by molar-refractivity contribution is 6.31. The molecule has 0 aromatic heterocycles. The molecule has 0 saturated carbocycles. The minimum atomic E-state index is -0.228. The lowest BCUT2D eigenvalue weighted by Crippen LogP contribution is -2.34. The summed E-state index contributed by atoms with van der Waals surface area (Å²) in [5.41, 5.74) is 2.67. The molecule has 1 aliphatic heterocycles. The lowest BCUT2D eigenvalue weighted by atomic mass is 10.1. The first-order valence-electron chi connectivity index (χ1n) is 8.72. The van der Waals surface area contributed by atoms with Gasteiger partial charge in [0.15, 0.2) is 0 Å². The van der Waals surface area contributed by atoms with Crippen molar-refractivity contribution in [3.8, 4) is 0 Å². The van der Waals surface area contributed by atoms with Crippen LogP contribution in [-0.2, 0) is 0 Å². The Morgan fingerprint density at radius 3 is 2.69 bits per heavy atom. The first-order chi connectivity index (χ1) is 12.5. The fourth-order valence-corrected chi connectivity index (χ4v) is 3.18. The van der Waals surface area contributed by atoms with Crippen LogP contribution in [0.4, 0.5) is 5.69 Å². The summed E-state index contributed by atoms with van der Waals surface area (Å²) in [5.74, 6) is -0.196. The van der Waals surface area contributed by atoms with E-state index in [0.717, 1.165) is 31.6 Å². The van der Waals surface area contributed by atoms with Gasteiger partial charge in [0.25, 0.3) is 11.8 Å². The van der Waals surface area contributed by atoms with Crippen LogP contribution in [-0.4, -0.2) is 42.9 Å². The number of hydrogen-bond acceptors (Lipinski definition) is 3. The molecule has 136 valence electrons. The molecule has 0 radical (unpaired) electrons. The van der Waals surface area contributed by atoms with E-state index in [2.05, 4.69) is 10.6 Å². The van der Waals surface area contributed by atoms with Gasteiger partial charge in [-0.15, -0.1) is 0 Å². The summed E-state index contributed by atoms with van der Waals surface area (Å²) >= 11 is 5.94. The maximum Gasteiger partial charge on any atom is 0.255 e. The lowest BCUT2D eigenvalue weighted by Gasteiger charge is -2.20. The van der Waals surface area contributed by atoms with Crippen molar-refractivity contribution in [1.29, 1.82) is 0 Å². The Morgan fingerprint density at radius 1 is 1.08 bits per heavy atom. The van der Waals surface area contributed by atoms with E-state index in [9.17, 15) is 9.59 Å². The molecule has 0 atom stereocenters. The number of aryl methyl sites for hydroxylation is 1. The third-order valence-electron chi connectivity index (χ3n) is 4.44. The van der Waals surface area contributed by atoms with Crippen molar-refractivity contribution in [2.45, 2.75) is 13.3 Å². The number of hydrogen-bond donors (Lipinski definition) is 2. The molecule has 1 saturated heterocycles. The van der Waals surface area contributed by atoms with Gasteiger partial charge in [0.05, 0.1) is 0 Å². The van der Waals surface area contributed by atoms with Crippen LogP contribution in [0.2, 0.25) is 5.02 Å². The second-order valence-corrected chi connectivity index (χ2v) is 6.83. The summed E-state index contributed by atoms with van der Waals surface area (Å²) in [6.07, 6.45) is 0.957. The number of amides is 2. The van der Waals surface area contributed by atoms with E-state index in [1.54, 1.807) is 36.4 Å². The van der Waals surface area contributed by atoms with Gasteiger partial charge in [-0.2, -0.15) is 0 Å². The molecular weight excluding hydrogens is 350 g/mol. The molecule has 0 spiro atoms. The molecule has 3 rings (SSSR count). The van der Waals surface area contributed by atoms with Crippen LogP contribution >= 0.6 is 11.6 Å². The number of nitrogens with one attached hydrogen (secondary N) is 2. The maximum absolute atomic E-state index is 12.7. The van der Waals surface area contributed by atoms with Gasteiger partial charge in [0.1, 0.15) is 0 Å². The molecule has 1 aliphatic rings. The number of carbonyl (C=O) groups is 2. The summed E-state index contributed by atoms with van der Waals surface area (Å²) in [6, 6.07) is 12.2. The summed E-state index contributed by atoms with van der Waals surface area (Å²) in [5, 5.41) is 6.69. The van der Waals surface area contributed by atoms with Crippen molar-refractivity contribution in [2.24, 2.45) is 0 Å². The number of carbonyl (C=O) groups excluding carboxylic acids is 2. The van der Waals surface area contributed by atoms with Gasteiger partial charge in [-0.25, -0.2) is 0 Å². The molecule has 2 aromatic carbocycles. The van der Waals surface area contributed by atoms with Crippen LogP contribution in [0.1, 0.15) is 32.7 Å². The minimum absolute atomic E-state index is 0.0320. The Labute approximate surface area is 158 Å². The molecule has 1 heterocycles. The number of halogens is 1. The van der Waals surface area contributed by atoms with E-state index < -0.39 is 0 Å². The number of rotatable bonds is 3. The van der Waals surface area contributed by atoms with E-state index in [0.29, 0.717) is 28.4 Å². The van der Waals surface area contributed by atoms with E-state index in [1.165, 1.54) is 0 Å². The Kier molecular flexibility index (Phi) is 5.91. The lowest BCUT2D eigenvalue weighted by molar-refractivity contribution is 0.0766. The quantitative estimate of drug-likeness (QED) is 0.869. The van der Waals surface area contributed by atoms with Gasteiger partial charge in [-0.05, 0) is 61.9 Å². The zero-order chi connectivity index (χ0) is 18.5. The van der Waals surface area contributed by atoms with Gasteiger partial charge < -0.3 is 15.5 Å². The van der Waals surface area contributed by atoms with Crippen molar-refractivity contribution in [2.75, 3.05) is 31.5 Å². The molecule has 2 N–H and O–H groups in total. The smallest absolute Gasteiger partial charge is 0.255 e. The molecule has 1 fully saturated rings. The fourth-order valence-electron chi connectivity index (χ4n) is 2.99. The molecular formula is C20H22ClN3O2. The van der Waals surface area contributed by atoms with Gasteiger partial charge in [0.2, 0.25) is 0 Å². The highest BCUT2D eigenvalue weighted by Crippen LogP contribution is 2.20. The normalized spacial score (nSPS) is 14.6. The van der Waals surface area contributed by atoms with Gasteiger partial charge in [-0.3, -0.25) is 9.59 Å². The van der Waals surface area contributed by atoms with E-state index >= 15 is 0 Å². The van der Waals surface area contributed by atoms with Crippen LogP contribution < -0.4 is 10.6 Å². The monoisotopic (exact) mass is 371 g/mol. The highest BCUT2D eigenvalue weighted by Gasteiger charge is 2.18. The third kappa shape index (κ3) is 4.42. The average Bonchev–Trinajstić information content (AvgIpc) is 2.92. The Bertz CT molecular complexity index is 814. The van der Waals surface area contributed by atoms with Crippen molar-refractivity contribution in [3.63, 3.8) is 0 Å². The molecule has 2 aromatic rings. The zero-order valence-electron chi connectivity index (χ0n) is 14.7. The summed E-state index contributed by atoms with van der Waals surface area (Å²) in [6.45, 7) is 5.12. The van der Waals surface area contributed by atoms with Crippen LogP contribution in [0.5, 0.6) is 0 Å². The minimum Gasteiger partial charge on any atom is -0.337 e. The average molecular weight is 372 g/mol. The molecule has 0 bridgehead atoms. The van der Waals surface area contributed by atoms with Crippen LogP contribution in [0.3, 0.4) is 0 Å². The van der Waals surface area contributed by atoms with Gasteiger partial charge in [0, 0.05) is 41.5 Å². The van der Waals surface area contributed by atoms with E-state index in [-0.39, 0.29) is 11.8 Å². The van der Waals surface area contributed by atoms with Crippen LogP contribution in [0, 0.1) is 6.92 Å². The van der Waals surface area contributed by atoms with E-state index in [1.807, 2.05) is 17.9 Å². The first-order valence-corrected chi connectivity index (χ1v) is 9.10. The van der Waals surface area contributed by atoms with Crippen molar-refractivity contribution in [3.05, 3.63) is 64.2 Å². The SMILES string of the molecule is Cc1cc(C(=O)N2CCCNCC2)ccc1NC(=O)c1cccc(Cl)c1. The Morgan fingerprint density at radius 2 is 1.92 bits per heavy atom. The van der Waals surface area contributed by atoms with Crippen molar-refractivity contribution in [1.82, 2.24) is 10.2 Å². The van der Waals surface area contributed by atoms with Crippen molar-refractivity contribution >= 4 is 29.1 Å². The standard InChI is InChI=1S/C20H22ClN3O2/c1-14-12-16(20(26)24-10-3-8-22-9-11-24)6-7-18(14)23-19(25)15-4-2-5-17(21)13-15/h2,4-7,12-13,22H,3,8-11H2,1H3,(H,23,25). The third-order valence-corrected chi connectivity index (χ3v) is 4.67. The maximum atomic E-state index is 12.7. The molecule has 5 nitrogen and oxygen atoms in total. The second-order valence-electron chi connectivity index (χ2n) is 6.39. The number of nitrogens with zero attached hydrogens (tertiary/aromatic N) is 1. The number of anilines is 1. The molecule has 6 heteroatoms. The van der Waals surface area contributed by atoms with E-state index in [4.69, 9.17) is 11.6 Å². The Hall–Kier alpha value is -2.37. The first kappa shape index (κ1) is 18.4.